The minimum absolute atomic E-state index is 0.550. The fourth-order valence-electron chi connectivity index (χ4n) is 8.09. The second-order valence-electron chi connectivity index (χ2n) is 13.9. The Morgan fingerprint density at radius 3 is 1.80 bits per heavy atom. The molecular formula is C48H27N5O2. The average Bonchev–Trinajstić information content (AvgIpc) is 3.96. The predicted molar refractivity (Wildman–Crippen MR) is 220 cm³/mol. The number of rotatable bonds is 4. The van der Waals surface area contributed by atoms with Gasteiger partial charge in [-0.05, 0) is 76.1 Å². The number of oxazole rings is 1. The predicted octanol–water partition coefficient (Wildman–Crippen LogP) is 12.3. The first-order valence-electron chi connectivity index (χ1n) is 18.2. The first kappa shape index (κ1) is 29.9. The number of hydrogen-bond acceptors (Lipinski definition) is 6. The van der Waals surface area contributed by atoms with Crippen LogP contribution in [0.4, 0.5) is 0 Å². The Kier molecular flexibility index (Phi) is 6.21. The van der Waals surface area contributed by atoms with Crippen LogP contribution >= 0.6 is 0 Å². The molecule has 0 fully saturated rings. The molecule has 0 saturated heterocycles. The highest BCUT2D eigenvalue weighted by Crippen LogP contribution is 2.41. The minimum atomic E-state index is 0.550. The van der Waals surface area contributed by atoms with E-state index in [-0.39, 0.29) is 0 Å². The Bertz CT molecular complexity index is 3450. The Hall–Kier alpha value is -7.64. The lowest BCUT2D eigenvalue weighted by Gasteiger charge is -2.12. The molecular weight excluding hydrogens is 679 g/mol. The molecule has 55 heavy (non-hydrogen) atoms. The van der Waals surface area contributed by atoms with Crippen LogP contribution < -0.4 is 0 Å². The Labute approximate surface area is 312 Å². The topological polar surface area (TPSA) is 82.8 Å². The van der Waals surface area contributed by atoms with Crippen molar-refractivity contribution in [3.63, 3.8) is 0 Å². The zero-order valence-corrected chi connectivity index (χ0v) is 29.1. The second kappa shape index (κ2) is 11.4. The van der Waals surface area contributed by atoms with Gasteiger partial charge in [-0.3, -0.25) is 4.57 Å². The van der Waals surface area contributed by atoms with Gasteiger partial charge in [0.05, 0.1) is 16.4 Å². The fourth-order valence-corrected chi connectivity index (χ4v) is 8.09. The smallest absolute Gasteiger partial charge is 0.238 e. The van der Waals surface area contributed by atoms with Crippen molar-refractivity contribution in [2.75, 3.05) is 0 Å². The summed E-state index contributed by atoms with van der Waals surface area (Å²) in [6, 6.07) is 55.9. The quantitative estimate of drug-likeness (QED) is 0.181. The SMILES string of the molecule is c1ccc(-c2nc3ccc4oc5ccc6ccc(-c7nc(-c8ccc9ccccc9c8)nc(-n8c9ccccc9c9ccccc98)n7)cc6c5c4c3o2)cc1. The maximum Gasteiger partial charge on any atom is 0.238 e. The number of nitrogens with zero attached hydrogens (tertiary/aromatic N) is 5. The van der Waals surface area contributed by atoms with Crippen LogP contribution in [0.3, 0.4) is 0 Å². The summed E-state index contributed by atoms with van der Waals surface area (Å²) in [5, 5.41) is 8.48. The number of furan rings is 1. The van der Waals surface area contributed by atoms with Gasteiger partial charge >= 0.3 is 0 Å². The third-order valence-corrected chi connectivity index (χ3v) is 10.7. The molecule has 7 nitrogen and oxygen atoms in total. The molecule has 4 aromatic heterocycles. The van der Waals surface area contributed by atoms with Crippen molar-refractivity contribution in [1.82, 2.24) is 24.5 Å². The zero-order valence-electron chi connectivity index (χ0n) is 29.1. The number of para-hydroxylation sites is 2. The van der Waals surface area contributed by atoms with E-state index in [9.17, 15) is 0 Å². The molecule has 0 aliphatic carbocycles. The van der Waals surface area contributed by atoms with Gasteiger partial charge in [0, 0.05) is 32.8 Å². The molecule has 4 heterocycles. The van der Waals surface area contributed by atoms with Gasteiger partial charge < -0.3 is 8.83 Å². The highest BCUT2D eigenvalue weighted by Gasteiger charge is 2.21. The standard InChI is InChI=1S/C48H27N5O2/c1-2-11-30(12-3-1)47-49-37-23-25-41-43(44(37)55-47)42-36-27-33(21-19-29(36)22-24-40(42)54-41)46-50-45(32-20-18-28-10-4-5-13-31(28)26-32)51-48(52-46)53-38-16-8-6-14-34(38)35-15-7-9-17-39(35)53/h1-27H. The lowest BCUT2D eigenvalue weighted by molar-refractivity contribution is 0.622. The summed E-state index contributed by atoms with van der Waals surface area (Å²) in [6.45, 7) is 0. The Morgan fingerprint density at radius 1 is 0.400 bits per heavy atom. The van der Waals surface area contributed by atoms with Crippen molar-refractivity contribution < 1.29 is 8.83 Å². The lowest BCUT2D eigenvalue weighted by atomic mass is 10.0. The summed E-state index contributed by atoms with van der Waals surface area (Å²) in [5.74, 6) is 2.28. The molecule has 0 spiro atoms. The van der Waals surface area contributed by atoms with Crippen LogP contribution in [0.15, 0.2) is 173 Å². The third kappa shape index (κ3) is 4.57. The number of benzene rings is 8. The first-order valence-corrected chi connectivity index (χ1v) is 18.2. The molecule has 256 valence electrons. The summed E-state index contributed by atoms with van der Waals surface area (Å²) in [5.41, 5.74) is 7.72. The van der Waals surface area contributed by atoms with E-state index >= 15 is 0 Å². The number of hydrogen-bond donors (Lipinski definition) is 0. The van der Waals surface area contributed by atoms with E-state index in [2.05, 4.69) is 120 Å². The van der Waals surface area contributed by atoms with E-state index in [1.54, 1.807) is 0 Å². The minimum Gasteiger partial charge on any atom is -0.456 e. The third-order valence-electron chi connectivity index (χ3n) is 10.7. The largest absolute Gasteiger partial charge is 0.456 e. The van der Waals surface area contributed by atoms with E-state index in [1.165, 1.54) is 0 Å². The maximum absolute atomic E-state index is 6.51. The maximum atomic E-state index is 6.51. The van der Waals surface area contributed by atoms with Gasteiger partial charge in [0.1, 0.15) is 16.7 Å². The van der Waals surface area contributed by atoms with Crippen LogP contribution in [0.5, 0.6) is 0 Å². The molecule has 0 N–H and O–H groups in total. The van der Waals surface area contributed by atoms with Crippen LogP contribution in [0.2, 0.25) is 0 Å². The Morgan fingerprint density at radius 2 is 1.02 bits per heavy atom. The van der Waals surface area contributed by atoms with Crippen molar-refractivity contribution >= 4 is 76.4 Å². The lowest BCUT2D eigenvalue weighted by Crippen LogP contribution is -2.06. The van der Waals surface area contributed by atoms with Gasteiger partial charge in [-0.1, -0.05) is 109 Å². The van der Waals surface area contributed by atoms with Gasteiger partial charge in [-0.25, -0.2) is 9.97 Å². The Balaban J connectivity index is 1.12. The van der Waals surface area contributed by atoms with Crippen molar-refractivity contribution in [2.24, 2.45) is 0 Å². The van der Waals surface area contributed by atoms with Crippen LogP contribution in [0, 0.1) is 0 Å². The molecule has 0 radical (unpaired) electrons. The second-order valence-corrected chi connectivity index (χ2v) is 13.9. The number of aromatic nitrogens is 5. The first-order chi connectivity index (χ1) is 27.2. The highest BCUT2D eigenvalue weighted by atomic mass is 16.4. The van der Waals surface area contributed by atoms with Gasteiger partial charge in [-0.15, -0.1) is 0 Å². The molecule has 0 atom stereocenters. The van der Waals surface area contributed by atoms with E-state index in [4.69, 9.17) is 28.8 Å². The van der Waals surface area contributed by atoms with Gasteiger partial charge in [0.2, 0.25) is 11.8 Å². The molecule has 12 rings (SSSR count). The fraction of sp³-hybridized carbons (Fsp3) is 0. The van der Waals surface area contributed by atoms with Crippen molar-refractivity contribution in [2.45, 2.75) is 0 Å². The highest BCUT2D eigenvalue weighted by molar-refractivity contribution is 6.25. The van der Waals surface area contributed by atoms with Crippen molar-refractivity contribution in [3.8, 4) is 40.2 Å². The summed E-state index contributed by atoms with van der Waals surface area (Å²) >= 11 is 0. The molecule has 7 heteroatoms. The van der Waals surface area contributed by atoms with Crippen LogP contribution in [0.1, 0.15) is 0 Å². The number of fused-ring (bicyclic) bond motifs is 11. The monoisotopic (exact) mass is 705 g/mol. The molecule has 0 aliphatic heterocycles. The van der Waals surface area contributed by atoms with Crippen molar-refractivity contribution in [3.05, 3.63) is 164 Å². The van der Waals surface area contributed by atoms with Crippen molar-refractivity contribution in [1.29, 1.82) is 0 Å². The van der Waals surface area contributed by atoms with E-state index < -0.39 is 0 Å². The average molecular weight is 706 g/mol. The van der Waals surface area contributed by atoms with E-state index in [1.807, 2.05) is 48.5 Å². The summed E-state index contributed by atoms with van der Waals surface area (Å²) < 4.78 is 15.1. The van der Waals surface area contributed by atoms with Gasteiger partial charge in [0.15, 0.2) is 17.2 Å². The summed E-state index contributed by atoms with van der Waals surface area (Å²) in [6.07, 6.45) is 0. The molecule has 0 unspecified atom stereocenters. The molecule has 8 aromatic carbocycles. The van der Waals surface area contributed by atoms with Crippen LogP contribution in [-0.4, -0.2) is 24.5 Å². The van der Waals surface area contributed by atoms with E-state index in [0.717, 1.165) is 87.5 Å². The molecule has 0 saturated carbocycles. The van der Waals surface area contributed by atoms with E-state index in [0.29, 0.717) is 29.1 Å². The normalized spacial score (nSPS) is 12.0. The van der Waals surface area contributed by atoms with Crippen LogP contribution in [0.25, 0.3) is 117 Å². The van der Waals surface area contributed by atoms with Gasteiger partial charge in [-0.2, -0.15) is 9.97 Å². The summed E-state index contributed by atoms with van der Waals surface area (Å²) in [4.78, 5) is 20.5. The molecule has 0 aliphatic rings. The molecule has 0 amide bonds. The van der Waals surface area contributed by atoms with Crippen LogP contribution in [-0.2, 0) is 0 Å². The van der Waals surface area contributed by atoms with Gasteiger partial charge in [0.25, 0.3) is 0 Å². The molecule has 0 bridgehead atoms. The molecule has 12 aromatic rings. The summed E-state index contributed by atoms with van der Waals surface area (Å²) in [7, 11) is 0. The zero-order chi connectivity index (χ0) is 36.0.